The van der Waals surface area contributed by atoms with Gasteiger partial charge in [0.15, 0.2) is 6.10 Å². The molecule has 1 atom stereocenters. The van der Waals surface area contributed by atoms with Gasteiger partial charge in [-0.2, -0.15) is 0 Å². The van der Waals surface area contributed by atoms with Gasteiger partial charge in [0.1, 0.15) is 13.2 Å². The molecule has 0 fully saturated rings. The quantitative estimate of drug-likeness (QED) is 0.0261. The third kappa shape index (κ3) is 60.6. The van der Waals surface area contributed by atoms with Crippen LogP contribution in [0.2, 0.25) is 0 Å². The summed E-state index contributed by atoms with van der Waals surface area (Å²) in [6.07, 6.45) is 86.3. The Morgan fingerprint density at radius 3 is 0.813 bits per heavy atom. The van der Waals surface area contributed by atoms with E-state index in [0.29, 0.717) is 19.3 Å². The number of carbonyl (C=O) groups is 3. The third-order valence-corrected chi connectivity index (χ3v) is 13.0. The van der Waals surface area contributed by atoms with Crippen LogP contribution in [0.15, 0.2) is 122 Å². The summed E-state index contributed by atoms with van der Waals surface area (Å²) in [5.41, 5.74) is 0. The predicted octanol–water partition coefficient (Wildman–Crippen LogP) is 21.2. The van der Waals surface area contributed by atoms with E-state index < -0.39 is 6.10 Å². The lowest BCUT2D eigenvalue weighted by molar-refractivity contribution is -0.167. The molecule has 0 saturated carbocycles. The summed E-state index contributed by atoms with van der Waals surface area (Å²) in [4.78, 5) is 38.2. The van der Waals surface area contributed by atoms with Gasteiger partial charge in [0.25, 0.3) is 0 Å². The molecule has 0 saturated heterocycles. The van der Waals surface area contributed by atoms with E-state index in [1.807, 2.05) is 0 Å². The average Bonchev–Trinajstić information content (AvgIpc) is 3.41. The molecule has 0 aromatic carbocycles. The molecule has 0 aromatic heterocycles. The molecular formula is C69H114O6. The fourth-order valence-electron chi connectivity index (χ4n) is 8.38. The Hall–Kier alpha value is -4.19. The number of carbonyl (C=O) groups excluding carboxylic acids is 3. The molecule has 6 nitrogen and oxygen atoms in total. The maximum Gasteiger partial charge on any atom is 0.306 e. The molecule has 0 aromatic rings. The predicted molar refractivity (Wildman–Crippen MR) is 325 cm³/mol. The van der Waals surface area contributed by atoms with E-state index in [0.717, 1.165) is 135 Å². The van der Waals surface area contributed by atoms with Crippen LogP contribution in [0.5, 0.6) is 0 Å². The van der Waals surface area contributed by atoms with Crippen molar-refractivity contribution in [3.8, 4) is 0 Å². The summed E-state index contributed by atoms with van der Waals surface area (Å²) in [7, 11) is 0. The first-order chi connectivity index (χ1) is 37.0. The zero-order valence-electron chi connectivity index (χ0n) is 48.8. The molecule has 0 aliphatic heterocycles. The van der Waals surface area contributed by atoms with E-state index in [2.05, 4.69) is 142 Å². The molecule has 0 amide bonds. The second-order valence-electron chi connectivity index (χ2n) is 20.2. The van der Waals surface area contributed by atoms with Gasteiger partial charge >= 0.3 is 17.9 Å². The largest absolute Gasteiger partial charge is 0.462 e. The molecule has 1 unspecified atom stereocenters. The maximum absolute atomic E-state index is 12.9. The molecular weight excluding hydrogens is 925 g/mol. The van der Waals surface area contributed by atoms with Gasteiger partial charge in [-0.05, 0) is 109 Å². The van der Waals surface area contributed by atoms with Crippen LogP contribution in [0.3, 0.4) is 0 Å². The average molecular weight is 1040 g/mol. The minimum Gasteiger partial charge on any atom is -0.462 e. The van der Waals surface area contributed by atoms with Gasteiger partial charge in [0.2, 0.25) is 0 Å². The molecule has 0 spiro atoms. The monoisotopic (exact) mass is 1040 g/mol. The number of hydrogen-bond donors (Lipinski definition) is 0. The second-order valence-corrected chi connectivity index (χ2v) is 20.2. The fourth-order valence-corrected chi connectivity index (χ4v) is 8.38. The van der Waals surface area contributed by atoms with Gasteiger partial charge in [-0.1, -0.05) is 271 Å². The van der Waals surface area contributed by atoms with Gasteiger partial charge in [-0.3, -0.25) is 14.4 Å². The van der Waals surface area contributed by atoms with Crippen LogP contribution >= 0.6 is 0 Å². The van der Waals surface area contributed by atoms with Crippen molar-refractivity contribution < 1.29 is 28.6 Å². The van der Waals surface area contributed by atoms with Crippen LogP contribution in [-0.2, 0) is 28.6 Å². The van der Waals surface area contributed by atoms with Crippen molar-refractivity contribution in [1.82, 2.24) is 0 Å². The molecule has 0 N–H and O–H groups in total. The Morgan fingerprint density at radius 1 is 0.280 bits per heavy atom. The number of unbranched alkanes of at least 4 members (excludes halogenated alkanes) is 24. The summed E-state index contributed by atoms with van der Waals surface area (Å²) in [6, 6.07) is 0. The van der Waals surface area contributed by atoms with E-state index in [4.69, 9.17) is 14.2 Å². The summed E-state index contributed by atoms with van der Waals surface area (Å²) >= 11 is 0. The Kier molecular flexibility index (Phi) is 58.9. The van der Waals surface area contributed by atoms with Crippen LogP contribution in [-0.4, -0.2) is 37.2 Å². The number of ether oxygens (including phenoxy) is 3. The number of rotatable bonds is 55. The number of esters is 3. The third-order valence-electron chi connectivity index (χ3n) is 13.0. The van der Waals surface area contributed by atoms with Crippen LogP contribution < -0.4 is 0 Å². The van der Waals surface area contributed by atoms with Crippen molar-refractivity contribution >= 4 is 17.9 Å². The molecule has 0 aliphatic rings. The Balaban J connectivity index is 4.28. The smallest absolute Gasteiger partial charge is 0.306 e. The van der Waals surface area contributed by atoms with Gasteiger partial charge in [0.05, 0.1) is 0 Å². The first kappa shape index (κ1) is 70.8. The highest BCUT2D eigenvalue weighted by Crippen LogP contribution is 2.15. The first-order valence-corrected chi connectivity index (χ1v) is 31.0. The highest BCUT2D eigenvalue weighted by Gasteiger charge is 2.19. The minimum absolute atomic E-state index is 0.0844. The lowest BCUT2D eigenvalue weighted by Gasteiger charge is -2.18. The highest BCUT2D eigenvalue weighted by molar-refractivity contribution is 5.71. The van der Waals surface area contributed by atoms with E-state index in [-0.39, 0.29) is 31.1 Å². The van der Waals surface area contributed by atoms with Crippen LogP contribution in [0.4, 0.5) is 0 Å². The fraction of sp³-hybridized carbons (Fsp3) is 0.667. The topological polar surface area (TPSA) is 78.9 Å². The summed E-state index contributed by atoms with van der Waals surface area (Å²) in [5.74, 6) is -0.901. The molecule has 0 aliphatic carbocycles. The Morgan fingerprint density at radius 2 is 0.520 bits per heavy atom. The Bertz CT molecular complexity index is 1570. The van der Waals surface area contributed by atoms with E-state index >= 15 is 0 Å². The van der Waals surface area contributed by atoms with Crippen molar-refractivity contribution in [1.29, 1.82) is 0 Å². The van der Waals surface area contributed by atoms with Crippen molar-refractivity contribution in [2.24, 2.45) is 0 Å². The summed E-state index contributed by atoms with van der Waals surface area (Å²) in [5, 5.41) is 0. The maximum atomic E-state index is 12.9. The molecule has 6 heteroatoms. The van der Waals surface area contributed by atoms with Gasteiger partial charge in [0, 0.05) is 19.3 Å². The van der Waals surface area contributed by atoms with Crippen molar-refractivity contribution in [2.75, 3.05) is 13.2 Å². The minimum atomic E-state index is -0.787. The molecule has 75 heavy (non-hydrogen) atoms. The van der Waals surface area contributed by atoms with Crippen LogP contribution in [0, 0.1) is 0 Å². The van der Waals surface area contributed by atoms with Crippen molar-refractivity contribution in [3.63, 3.8) is 0 Å². The zero-order chi connectivity index (χ0) is 54.3. The van der Waals surface area contributed by atoms with Crippen LogP contribution in [0.25, 0.3) is 0 Å². The van der Waals surface area contributed by atoms with E-state index in [1.54, 1.807) is 0 Å². The van der Waals surface area contributed by atoms with Gasteiger partial charge < -0.3 is 14.2 Å². The highest BCUT2D eigenvalue weighted by atomic mass is 16.6. The van der Waals surface area contributed by atoms with Crippen molar-refractivity contribution in [2.45, 2.75) is 284 Å². The van der Waals surface area contributed by atoms with E-state index in [9.17, 15) is 14.4 Å². The normalized spacial score (nSPS) is 12.9. The SMILES string of the molecule is CC/C=C\C/C=C\C/C=C\C/C=C\C/C=C\C/C=C\CCCCCCCCCCC(=O)OCC(COC(=O)CCCCCCCCCCC)OC(=O)CCCCCCCCCC/C=C\C/C=C\C/C=C\C/C=C\CC. The standard InChI is InChI=1S/C69H114O6/c1-4-7-10-13-16-19-21-23-25-27-29-31-32-33-34-35-36-38-39-41-43-45-47-50-53-56-59-62-68(71)74-65-66(64-73-67(70)61-58-55-52-49-18-15-12-9-6-3)75-69(72)63-60-57-54-51-48-46-44-42-40-37-30-28-26-24-22-20-17-14-11-8-5-2/h7-8,10-11,16-17,19-20,23-26,29-31,33-34,36-38,66H,4-6,9,12-15,18,21-22,27-28,32,35,39-65H2,1-3H3/b10-7-,11-8-,19-16-,20-17-,25-23-,26-24-,31-29-,34-33-,37-30-,38-36-. The second kappa shape index (κ2) is 62.4. The first-order valence-electron chi connectivity index (χ1n) is 31.0. The lowest BCUT2D eigenvalue weighted by Crippen LogP contribution is -2.30. The zero-order valence-corrected chi connectivity index (χ0v) is 48.8. The van der Waals surface area contributed by atoms with Gasteiger partial charge in [-0.15, -0.1) is 0 Å². The summed E-state index contributed by atoms with van der Waals surface area (Å²) < 4.78 is 16.9. The van der Waals surface area contributed by atoms with Gasteiger partial charge in [-0.25, -0.2) is 0 Å². The Labute approximate surface area is 462 Å². The van der Waals surface area contributed by atoms with Crippen molar-refractivity contribution in [3.05, 3.63) is 122 Å². The molecule has 0 bridgehead atoms. The number of allylic oxidation sites excluding steroid dienone is 20. The molecule has 0 rings (SSSR count). The summed E-state index contributed by atoms with van der Waals surface area (Å²) in [6.45, 7) is 6.39. The number of hydrogen-bond acceptors (Lipinski definition) is 6. The molecule has 426 valence electrons. The molecule has 0 radical (unpaired) electrons. The lowest BCUT2D eigenvalue weighted by atomic mass is 10.1. The van der Waals surface area contributed by atoms with E-state index in [1.165, 1.54) is 103 Å². The molecule has 0 heterocycles. The van der Waals surface area contributed by atoms with Crippen LogP contribution in [0.1, 0.15) is 278 Å².